The molecule has 6 nitrogen and oxygen atoms in total. The third-order valence-corrected chi connectivity index (χ3v) is 4.83. The molecule has 0 radical (unpaired) electrons. The van der Waals surface area contributed by atoms with Crippen LogP contribution in [0.15, 0.2) is 24.3 Å². The predicted octanol–water partition coefficient (Wildman–Crippen LogP) is 3.44. The number of anilines is 1. The Balaban J connectivity index is 1.69. The number of amides is 2. The molecule has 138 valence electrons. The quantitative estimate of drug-likeness (QED) is 0.863. The van der Waals surface area contributed by atoms with Crippen LogP contribution in [0.5, 0.6) is 0 Å². The third kappa shape index (κ3) is 4.19. The molecule has 1 saturated heterocycles. The number of nitrogens with one attached hydrogen (secondary N) is 1. The van der Waals surface area contributed by atoms with Gasteiger partial charge >= 0.3 is 0 Å². The van der Waals surface area contributed by atoms with Gasteiger partial charge in [0.25, 0.3) is 0 Å². The van der Waals surface area contributed by atoms with Gasteiger partial charge in [-0.05, 0) is 51.0 Å². The molecule has 2 heterocycles. The van der Waals surface area contributed by atoms with Gasteiger partial charge in [0.2, 0.25) is 11.8 Å². The molecule has 2 aromatic rings. The molecule has 26 heavy (non-hydrogen) atoms. The van der Waals surface area contributed by atoms with Gasteiger partial charge in [-0.2, -0.15) is 5.10 Å². The standard InChI is InChI=1S/C18H20Cl2N4O2/c1-11-6-12(2)24(22-11)10-17(25)23-5-3-4-16(23)18(26)21-15-8-13(19)7-14(20)9-15/h6-9,16H,3-5,10H2,1-2H3,(H,21,26). The van der Waals surface area contributed by atoms with Gasteiger partial charge in [-0.15, -0.1) is 0 Å². The van der Waals surface area contributed by atoms with E-state index in [1.165, 1.54) is 0 Å². The normalized spacial score (nSPS) is 16.8. The van der Waals surface area contributed by atoms with E-state index in [2.05, 4.69) is 10.4 Å². The Morgan fingerprint density at radius 1 is 1.19 bits per heavy atom. The molecular weight excluding hydrogens is 375 g/mol. The summed E-state index contributed by atoms with van der Waals surface area (Å²) in [5.41, 5.74) is 2.30. The van der Waals surface area contributed by atoms with Gasteiger partial charge in [0.15, 0.2) is 0 Å². The van der Waals surface area contributed by atoms with Crippen LogP contribution >= 0.6 is 23.2 Å². The van der Waals surface area contributed by atoms with Gasteiger partial charge in [0, 0.05) is 28.0 Å². The van der Waals surface area contributed by atoms with Crippen LogP contribution in [0.25, 0.3) is 0 Å². The van der Waals surface area contributed by atoms with E-state index >= 15 is 0 Å². The summed E-state index contributed by atoms with van der Waals surface area (Å²) >= 11 is 11.9. The number of nitrogens with zero attached hydrogens (tertiary/aromatic N) is 3. The van der Waals surface area contributed by atoms with Gasteiger partial charge in [0.05, 0.1) is 5.69 Å². The monoisotopic (exact) mass is 394 g/mol. The molecule has 2 amide bonds. The number of hydrogen-bond donors (Lipinski definition) is 1. The highest BCUT2D eigenvalue weighted by molar-refractivity contribution is 6.35. The summed E-state index contributed by atoms with van der Waals surface area (Å²) in [6, 6.07) is 6.27. The molecule has 1 aliphatic heterocycles. The van der Waals surface area contributed by atoms with Crippen LogP contribution in [0.2, 0.25) is 10.0 Å². The molecule has 1 aliphatic rings. The molecule has 1 aromatic heterocycles. The van der Waals surface area contributed by atoms with E-state index in [1.54, 1.807) is 27.8 Å². The average Bonchev–Trinajstić information content (AvgIpc) is 3.13. The van der Waals surface area contributed by atoms with Crippen molar-refractivity contribution >= 4 is 40.7 Å². The summed E-state index contributed by atoms with van der Waals surface area (Å²) in [6.45, 7) is 4.49. The highest BCUT2D eigenvalue weighted by Crippen LogP contribution is 2.24. The number of halogens is 2. The minimum Gasteiger partial charge on any atom is -0.329 e. The number of aromatic nitrogens is 2. The first kappa shape index (κ1) is 18.7. The third-order valence-electron chi connectivity index (χ3n) is 4.39. The molecule has 8 heteroatoms. The van der Waals surface area contributed by atoms with Crippen LogP contribution in [0.3, 0.4) is 0 Å². The van der Waals surface area contributed by atoms with Crippen molar-refractivity contribution in [2.45, 2.75) is 39.3 Å². The van der Waals surface area contributed by atoms with Crippen molar-refractivity contribution in [2.75, 3.05) is 11.9 Å². The number of aryl methyl sites for hydroxylation is 2. The van der Waals surface area contributed by atoms with E-state index in [4.69, 9.17) is 23.2 Å². The molecule has 1 fully saturated rings. The summed E-state index contributed by atoms with van der Waals surface area (Å²) < 4.78 is 1.67. The Morgan fingerprint density at radius 2 is 1.88 bits per heavy atom. The molecule has 0 saturated carbocycles. The lowest BCUT2D eigenvalue weighted by molar-refractivity contribution is -0.137. The van der Waals surface area contributed by atoms with Crippen LogP contribution in [0.1, 0.15) is 24.2 Å². The van der Waals surface area contributed by atoms with Crippen molar-refractivity contribution in [2.24, 2.45) is 0 Å². The second kappa shape index (κ2) is 7.68. The molecule has 1 unspecified atom stereocenters. The summed E-state index contributed by atoms with van der Waals surface area (Å²) in [7, 11) is 0. The lowest BCUT2D eigenvalue weighted by atomic mass is 10.2. The van der Waals surface area contributed by atoms with Crippen molar-refractivity contribution in [1.82, 2.24) is 14.7 Å². The fourth-order valence-corrected chi connectivity index (χ4v) is 3.77. The molecule has 0 bridgehead atoms. The number of hydrogen-bond acceptors (Lipinski definition) is 3. The smallest absolute Gasteiger partial charge is 0.247 e. The van der Waals surface area contributed by atoms with Crippen LogP contribution in [-0.2, 0) is 16.1 Å². The molecule has 0 aliphatic carbocycles. The Hall–Kier alpha value is -2.05. The lowest BCUT2D eigenvalue weighted by Crippen LogP contribution is -2.44. The number of likely N-dealkylation sites (tertiary alicyclic amines) is 1. The largest absolute Gasteiger partial charge is 0.329 e. The van der Waals surface area contributed by atoms with Crippen molar-refractivity contribution in [3.63, 3.8) is 0 Å². The van der Waals surface area contributed by atoms with E-state index in [0.717, 1.165) is 17.8 Å². The zero-order valence-electron chi connectivity index (χ0n) is 14.6. The van der Waals surface area contributed by atoms with E-state index in [1.807, 2.05) is 19.9 Å². The first-order chi connectivity index (χ1) is 12.3. The van der Waals surface area contributed by atoms with Crippen molar-refractivity contribution in [3.05, 3.63) is 45.7 Å². The van der Waals surface area contributed by atoms with Crippen LogP contribution < -0.4 is 5.32 Å². The van der Waals surface area contributed by atoms with Gasteiger partial charge in [-0.25, -0.2) is 0 Å². The second-order valence-corrected chi connectivity index (χ2v) is 7.35. The second-order valence-electron chi connectivity index (χ2n) is 6.48. The highest BCUT2D eigenvalue weighted by atomic mass is 35.5. The average molecular weight is 395 g/mol. The van der Waals surface area contributed by atoms with Gasteiger partial charge < -0.3 is 10.2 Å². The van der Waals surface area contributed by atoms with Crippen LogP contribution in [0.4, 0.5) is 5.69 Å². The molecular formula is C18H20Cl2N4O2. The molecule has 1 N–H and O–H groups in total. The molecule has 0 spiro atoms. The van der Waals surface area contributed by atoms with Gasteiger partial charge in [-0.3, -0.25) is 14.3 Å². The van der Waals surface area contributed by atoms with E-state index < -0.39 is 6.04 Å². The van der Waals surface area contributed by atoms with Gasteiger partial charge in [-0.1, -0.05) is 23.2 Å². The maximum atomic E-state index is 12.7. The number of rotatable bonds is 4. The lowest BCUT2D eigenvalue weighted by Gasteiger charge is -2.24. The van der Waals surface area contributed by atoms with E-state index in [9.17, 15) is 9.59 Å². The van der Waals surface area contributed by atoms with Crippen molar-refractivity contribution < 1.29 is 9.59 Å². The predicted molar refractivity (Wildman–Crippen MR) is 102 cm³/mol. The topological polar surface area (TPSA) is 67.2 Å². The number of carbonyl (C=O) groups is 2. The summed E-state index contributed by atoms with van der Waals surface area (Å²) in [4.78, 5) is 27.0. The summed E-state index contributed by atoms with van der Waals surface area (Å²) in [5, 5.41) is 8.01. The Bertz CT molecular complexity index is 829. The Morgan fingerprint density at radius 3 is 2.50 bits per heavy atom. The highest BCUT2D eigenvalue weighted by Gasteiger charge is 2.34. The zero-order chi connectivity index (χ0) is 18.8. The summed E-state index contributed by atoms with van der Waals surface area (Å²) in [6.07, 6.45) is 1.42. The van der Waals surface area contributed by atoms with Crippen LogP contribution in [-0.4, -0.2) is 39.1 Å². The van der Waals surface area contributed by atoms with Crippen molar-refractivity contribution in [3.8, 4) is 0 Å². The minimum atomic E-state index is -0.503. The van der Waals surface area contributed by atoms with E-state index in [-0.39, 0.29) is 18.4 Å². The Kier molecular flexibility index (Phi) is 5.53. The molecule has 1 aromatic carbocycles. The fraction of sp³-hybridized carbons (Fsp3) is 0.389. The first-order valence-corrected chi connectivity index (χ1v) is 9.16. The summed E-state index contributed by atoms with van der Waals surface area (Å²) in [5.74, 6) is -0.347. The fourth-order valence-electron chi connectivity index (χ4n) is 3.24. The van der Waals surface area contributed by atoms with Gasteiger partial charge in [0.1, 0.15) is 12.6 Å². The van der Waals surface area contributed by atoms with E-state index in [0.29, 0.717) is 28.7 Å². The SMILES string of the molecule is Cc1cc(C)n(CC(=O)N2CCCC2C(=O)Nc2cc(Cl)cc(Cl)c2)n1. The maximum Gasteiger partial charge on any atom is 0.247 e. The molecule has 1 atom stereocenters. The number of benzene rings is 1. The Labute approximate surface area is 162 Å². The zero-order valence-corrected chi connectivity index (χ0v) is 16.1. The molecule has 3 rings (SSSR count). The minimum absolute atomic E-state index is 0.113. The van der Waals surface area contributed by atoms with Crippen molar-refractivity contribution in [1.29, 1.82) is 0 Å². The number of carbonyl (C=O) groups excluding carboxylic acids is 2. The maximum absolute atomic E-state index is 12.7. The van der Waals surface area contributed by atoms with Crippen LogP contribution in [0, 0.1) is 13.8 Å². The first-order valence-electron chi connectivity index (χ1n) is 8.41.